The van der Waals surface area contributed by atoms with Crippen LogP contribution in [0.4, 0.5) is 17.1 Å². The quantitative estimate of drug-likeness (QED) is 0.770. The van der Waals surface area contributed by atoms with E-state index in [9.17, 15) is 14.4 Å². The van der Waals surface area contributed by atoms with Crippen molar-refractivity contribution in [2.75, 3.05) is 29.1 Å². The molecule has 3 rings (SSSR count). The number of rotatable bonds is 6. The first kappa shape index (κ1) is 21.5. The van der Waals surface area contributed by atoms with Gasteiger partial charge in [0.1, 0.15) is 0 Å². The summed E-state index contributed by atoms with van der Waals surface area (Å²) in [5.41, 5.74) is 2.02. The number of anilines is 3. The first-order valence-corrected chi connectivity index (χ1v) is 10.2. The van der Waals surface area contributed by atoms with E-state index in [1.54, 1.807) is 22.9 Å². The van der Waals surface area contributed by atoms with Gasteiger partial charge in [-0.1, -0.05) is 37.3 Å². The fourth-order valence-corrected chi connectivity index (χ4v) is 3.81. The molecule has 0 fully saturated rings. The number of hydrogen-bond donors (Lipinski definition) is 2. The molecule has 2 aromatic rings. The van der Waals surface area contributed by atoms with E-state index in [1.165, 1.54) is 0 Å². The summed E-state index contributed by atoms with van der Waals surface area (Å²) in [5, 5.41) is 5.77. The number of para-hydroxylation sites is 3. The Morgan fingerprint density at radius 3 is 2.53 bits per heavy atom. The van der Waals surface area contributed by atoms with Gasteiger partial charge in [-0.3, -0.25) is 19.3 Å². The Morgan fingerprint density at radius 2 is 1.83 bits per heavy atom. The molecule has 0 radical (unpaired) electrons. The molecule has 7 nitrogen and oxygen atoms in total. The number of carbonyl (C=O) groups is 3. The van der Waals surface area contributed by atoms with E-state index in [0.29, 0.717) is 17.8 Å². The molecule has 2 atom stereocenters. The zero-order chi connectivity index (χ0) is 21.7. The monoisotopic (exact) mass is 408 g/mol. The van der Waals surface area contributed by atoms with Crippen LogP contribution in [0.25, 0.3) is 0 Å². The van der Waals surface area contributed by atoms with Gasteiger partial charge >= 0.3 is 0 Å². The van der Waals surface area contributed by atoms with Gasteiger partial charge in [0.25, 0.3) is 0 Å². The van der Waals surface area contributed by atoms with Gasteiger partial charge in [-0.15, -0.1) is 0 Å². The van der Waals surface area contributed by atoms with E-state index in [0.717, 1.165) is 5.69 Å². The molecule has 30 heavy (non-hydrogen) atoms. The maximum atomic E-state index is 13.3. The highest BCUT2D eigenvalue weighted by molar-refractivity contribution is 6.05. The van der Waals surface area contributed by atoms with Crippen LogP contribution in [0.3, 0.4) is 0 Å². The Hall–Kier alpha value is -3.19. The minimum Gasteiger partial charge on any atom is -0.325 e. The molecule has 3 amide bonds. The lowest BCUT2D eigenvalue weighted by Gasteiger charge is -2.32. The van der Waals surface area contributed by atoms with Crippen molar-refractivity contribution in [1.29, 1.82) is 0 Å². The molecule has 2 aromatic carbocycles. The second kappa shape index (κ2) is 9.54. The van der Waals surface area contributed by atoms with Gasteiger partial charge in [0.15, 0.2) is 0 Å². The summed E-state index contributed by atoms with van der Waals surface area (Å²) in [7, 11) is 1.77. The minimum atomic E-state index is -0.452. The smallest absolute Gasteiger partial charge is 0.241 e. The highest BCUT2D eigenvalue weighted by Crippen LogP contribution is 2.31. The third-order valence-electron chi connectivity index (χ3n) is 5.28. The fourth-order valence-electron chi connectivity index (χ4n) is 3.81. The SMILES string of the molecule is CC[C@H](C(=O)Nc1ccccc1)N(C)CC(=O)N1c2ccccc2NC(=O)C[C@@H]1C. The number of nitrogens with zero attached hydrogens (tertiary/aromatic N) is 2. The lowest BCUT2D eigenvalue weighted by atomic mass is 10.1. The number of fused-ring (bicyclic) bond motifs is 1. The summed E-state index contributed by atoms with van der Waals surface area (Å²) < 4.78 is 0. The fraction of sp³-hybridized carbons (Fsp3) is 0.348. The molecule has 0 aliphatic carbocycles. The van der Waals surface area contributed by atoms with Crippen molar-refractivity contribution in [2.24, 2.45) is 0 Å². The predicted molar refractivity (Wildman–Crippen MR) is 118 cm³/mol. The highest BCUT2D eigenvalue weighted by Gasteiger charge is 2.31. The predicted octanol–water partition coefficient (Wildman–Crippen LogP) is 3.10. The largest absolute Gasteiger partial charge is 0.325 e. The molecule has 0 saturated heterocycles. The summed E-state index contributed by atoms with van der Waals surface area (Å²) >= 11 is 0. The van der Waals surface area contributed by atoms with Crippen molar-refractivity contribution in [3.63, 3.8) is 0 Å². The average molecular weight is 409 g/mol. The molecule has 0 spiro atoms. The Balaban J connectivity index is 1.75. The van der Waals surface area contributed by atoms with Crippen molar-refractivity contribution < 1.29 is 14.4 Å². The highest BCUT2D eigenvalue weighted by atomic mass is 16.2. The zero-order valence-corrected chi connectivity index (χ0v) is 17.6. The molecule has 1 heterocycles. The standard InChI is InChI=1S/C23H28N4O3/c1-4-19(23(30)24-17-10-6-5-7-11-17)26(3)15-22(29)27-16(2)14-21(28)25-18-12-8-9-13-20(18)27/h5-13,16,19H,4,14-15H2,1-3H3,(H,24,30)(H,25,28)/t16-,19+/m0/s1. The van der Waals surface area contributed by atoms with Crippen LogP contribution < -0.4 is 15.5 Å². The van der Waals surface area contributed by atoms with Crippen LogP contribution in [-0.4, -0.2) is 48.3 Å². The van der Waals surface area contributed by atoms with E-state index in [1.807, 2.05) is 62.4 Å². The van der Waals surface area contributed by atoms with E-state index in [2.05, 4.69) is 10.6 Å². The minimum absolute atomic E-state index is 0.0631. The van der Waals surface area contributed by atoms with Gasteiger partial charge in [0.05, 0.1) is 24.0 Å². The van der Waals surface area contributed by atoms with Crippen LogP contribution in [0.2, 0.25) is 0 Å². The normalized spacial score (nSPS) is 17.0. The van der Waals surface area contributed by atoms with Gasteiger partial charge in [-0.25, -0.2) is 0 Å². The molecule has 1 aliphatic heterocycles. The van der Waals surface area contributed by atoms with Crippen molar-refractivity contribution in [2.45, 2.75) is 38.8 Å². The van der Waals surface area contributed by atoms with Crippen LogP contribution in [0.5, 0.6) is 0 Å². The summed E-state index contributed by atoms with van der Waals surface area (Å²) in [4.78, 5) is 41.6. The summed E-state index contributed by atoms with van der Waals surface area (Å²) in [6.45, 7) is 3.84. The number of likely N-dealkylation sites (N-methyl/N-ethyl adjacent to an activating group) is 1. The molecular weight excluding hydrogens is 380 g/mol. The Bertz CT molecular complexity index is 916. The van der Waals surface area contributed by atoms with Crippen LogP contribution in [0, 0.1) is 0 Å². The van der Waals surface area contributed by atoms with E-state index >= 15 is 0 Å². The summed E-state index contributed by atoms with van der Waals surface area (Å²) in [6.07, 6.45) is 0.782. The summed E-state index contributed by atoms with van der Waals surface area (Å²) in [6, 6.07) is 15.8. The second-order valence-electron chi connectivity index (χ2n) is 7.58. The van der Waals surface area contributed by atoms with Gasteiger partial charge in [-0.2, -0.15) is 0 Å². The maximum absolute atomic E-state index is 13.3. The zero-order valence-electron chi connectivity index (χ0n) is 17.6. The van der Waals surface area contributed by atoms with E-state index in [-0.39, 0.29) is 36.7 Å². The Labute approximate surface area is 177 Å². The molecule has 158 valence electrons. The van der Waals surface area contributed by atoms with Crippen molar-refractivity contribution in [1.82, 2.24) is 4.90 Å². The van der Waals surface area contributed by atoms with Crippen molar-refractivity contribution >= 4 is 34.8 Å². The third-order valence-corrected chi connectivity index (χ3v) is 5.28. The first-order chi connectivity index (χ1) is 14.4. The van der Waals surface area contributed by atoms with Gasteiger partial charge in [0.2, 0.25) is 17.7 Å². The lowest BCUT2D eigenvalue weighted by Crippen LogP contribution is -2.49. The number of carbonyl (C=O) groups excluding carboxylic acids is 3. The van der Waals surface area contributed by atoms with Crippen LogP contribution >= 0.6 is 0 Å². The Kier molecular flexibility index (Phi) is 6.84. The van der Waals surface area contributed by atoms with Crippen molar-refractivity contribution in [3.8, 4) is 0 Å². The molecule has 1 aliphatic rings. The van der Waals surface area contributed by atoms with Gasteiger partial charge in [-0.05, 0) is 44.7 Å². The Morgan fingerprint density at radius 1 is 1.17 bits per heavy atom. The molecular formula is C23H28N4O3. The number of hydrogen-bond acceptors (Lipinski definition) is 4. The maximum Gasteiger partial charge on any atom is 0.241 e. The molecule has 0 saturated carbocycles. The summed E-state index contributed by atoms with van der Waals surface area (Å²) in [5.74, 6) is -0.424. The number of amides is 3. The van der Waals surface area contributed by atoms with Crippen LogP contribution in [0.1, 0.15) is 26.7 Å². The van der Waals surface area contributed by atoms with Crippen molar-refractivity contribution in [3.05, 3.63) is 54.6 Å². The topological polar surface area (TPSA) is 81.8 Å². The third kappa shape index (κ3) is 4.86. The molecule has 2 N–H and O–H groups in total. The van der Waals surface area contributed by atoms with Crippen LogP contribution in [0.15, 0.2) is 54.6 Å². The molecule has 0 aromatic heterocycles. The van der Waals surface area contributed by atoms with Crippen LogP contribution in [-0.2, 0) is 14.4 Å². The molecule has 0 unspecified atom stereocenters. The first-order valence-electron chi connectivity index (χ1n) is 10.2. The second-order valence-corrected chi connectivity index (χ2v) is 7.58. The van der Waals surface area contributed by atoms with E-state index in [4.69, 9.17) is 0 Å². The number of nitrogens with one attached hydrogen (secondary N) is 2. The molecule has 7 heteroatoms. The van der Waals surface area contributed by atoms with E-state index < -0.39 is 6.04 Å². The number of benzene rings is 2. The average Bonchev–Trinajstić information content (AvgIpc) is 2.83. The van der Waals surface area contributed by atoms with Gasteiger partial charge < -0.3 is 15.5 Å². The lowest BCUT2D eigenvalue weighted by molar-refractivity contribution is -0.124. The van der Waals surface area contributed by atoms with Gasteiger partial charge in [0, 0.05) is 18.2 Å². The molecule has 0 bridgehead atoms.